The van der Waals surface area contributed by atoms with Crippen molar-refractivity contribution in [3.8, 4) is 22.3 Å². The summed E-state index contributed by atoms with van der Waals surface area (Å²) < 4.78 is 13.5. The van der Waals surface area contributed by atoms with Crippen LogP contribution in [0.15, 0.2) is 178 Å². The first kappa shape index (κ1) is 29.4. The van der Waals surface area contributed by atoms with Crippen LogP contribution in [-0.2, 0) is 0 Å². The maximum atomic E-state index is 11.9. The van der Waals surface area contributed by atoms with Crippen molar-refractivity contribution in [2.24, 2.45) is 0 Å². The van der Waals surface area contributed by atoms with Crippen LogP contribution in [0.3, 0.4) is 0 Å². The molecule has 0 saturated carbocycles. The maximum absolute atomic E-state index is 11.9. The molecule has 0 saturated heterocycles. The molecule has 0 atom stereocenters. The van der Waals surface area contributed by atoms with E-state index in [0.717, 1.165) is 97.7 Å². The lowest BCUT2D eigenvalue weighted by atomic mass is 9.87. The molecule has 3 nitrogen and oxygen atoms in total. The van der Waals surface area contributed by atoms with Gasteiger partial charge in [-0.3, -0.25) is 4.89 Å². The summed E-state index contributed by atoms with van der Waals surface area (Å²) in [5.74, 6) is 0. The Morgan fingerprint density at radius 2 is 0.596 bits per heavy atom. The van der Waals surface area contributed by atoms with E-state index in [0.29, 0.717) is 11.2 Å². The molecular formula is C48H29O3P. The first-order chi connectivity index (χ1) is 25.7. The second-order valence-electron chi connectivity index (χ2n) is 13.5. The van der Waals surface area contributed by atoms with E-state index in [9.17, 15) is 4.89 Å². The van der Waals surface area contributed by atoms with E-state index in [-0.39, 0.29) is 0 Å². The second kappa shape index (κ2) is 11.3. The number of benzene rings is 10. The Bertz CT molecular complexity index is 2990. The summed E-state index contributed by atoms with van der Waals surface area (Å²) in [6.07, 6.45) is 0. The minimum atomic E-state index is -2.39. The number of hydrogen-bond acceptors (Lipinski definition) is 3. The molecule has 10 aromatic carbocycles. The zero-order chi connectivity index (χ0) is 34.3. The van der Waals surface area contributed by atoms with Gasteiger partial charge < -0.3 is 8.39 Å². The van der Waals surface area contributed by atoms with E-state index in [2.05, 4.69) is 170 Å². The predicted octanol–water partition coefficient (Wildman–Crippen LogP) is 14.3. The van der Waals surface area contributed by atoms with Gasteiger partial charge in [-0.15, -0.1) is 0 Å². The van der Waals surface area contributed by atoms with Gasteiger partial charge in [0.05, 0.1) is 0 Å². The molecule has 1 N–H and O–H groups in total. The molecule has 0 aliphatic rings. The standard InChI is InChI=1S/C48H29O3P/c49-52-50-47-41(43-35-19-7-1-13-29(35)25-30-14-2-8-20-36(30)43)27-33-17-5-11-23-39(33)45(47)46-40-24-12-6-18-34(40)28-42(48(46)51-52)44-37-21-9-3-15-31(37)26-32-16-4-10-22-38(32)44/h1-28,49H. The monoisotopic (exact) mass is 684 g/mol. The van der Waals surface area contributed by atoms with Gasteiger partial charge in [0.1, 0.15) is 0 Å². The third-order valence-corrected chi connectivity index (χ3v) is 11.4. The molecule has 4 heteroatoms. The summed E-state index contributed by atoms with van der Waals surface area (Å²) in [7, 11) is -2.39. The molecule has 11 aromatic rings. The van der Waals surface area contributed by atoms with E-state index in [4.69, 9.17) is 8.39 Å². The quantitative estimate of drug-likeness (QED) is 0.184. The Kier molecular flexibility index (Phi) is 6.39. The van der Waals surface area contributed by atoms with Gasteiger partial charge in [0.2, 0.25) is 0 Å². The Labute approximate surface area is 299 Å². The zero-order valence-corrected chi connectivity index (χ0v) is 28.8. The molecule has 11 rings (SSSR count). The molecule has 0 spiro atoms. The fraction of sp³-hybridized carbons (Fsp3) is 0. The molecule has 1 aromatic heterocycles. The Morgan fingerprint density at radius 1 is 0.327 bits per heavy atom. The number of hydrogen-bond donors (Lipinski definition) is 1. The molecule has 52 heavy (non-hydrogen) atoms. The van der Waals surface area contributed by atoms with Crippen LogP contribution in [-0.4, -0.2) is 4.89 Å². The normalized spacial score (nSPS) is 11.9. The fourth-order valence-electron chi connectivity index (χ4n) is 8.50. The molecule has 0 unspecified atom stereocenters. The Hall–Kier alpha value is -6.38. The first-order valence-corrected chi connectivity index (χ1v) is 18.6. The number of fused-ring (bicyclic) bond motifs is 11. The molecule has 0 aliphatic heterocycles. The largest absolute Gasteiger partial charge is 0.398 e. The molecule has 0 amide bonds. The number of rotatable bonds is 2. The van der Waals surface area contributed by atoms with Crippen molar-refractivity contribution in [1.82, 2.24) is 0 Å². The molecule has 0 fully saturated rings. The SMILES string of the molecule is Op1oc2c(-c3c4ccccc4cc4ccccc34)cc3ccccc3c2c2c(o1)c(-c1c3ccccc3cc3ccccc13)cc1ccccc12. The van der Waals surface area contributed by atoms with E-state index < -0.39 is 8.24 Å². The average molecular weight is 685 g/mol. The van der Waals surface area contributed by atoms with Crippen molar-refractivity contribution in [3.63, 3.8) is 0 Å². The summed E-state index contributed by atoms with van der Waals surface area (Å²) in [6.45, 7) is 0. The Morgan fingerprint density at radius 3 is 0.923 bits per heavy atom. The smallest absolute Gasteiger partial charge is 0.384 e. The summed E-state index contributed by atoms with van der Waals surface area (Å²) in [5.41, 5.74) is 5.23. The first-order valence-electron chi connectivity index (χ1n) is 17.5. The maximum Gasteiger partial charge on any atom is 0.384 e. The van der Waals surface area contributed by atoms with Gasteiger partial charge in [-0.2, -0.15) is 0 Å². The van der Waals surface area contributed by atoms with Crippen LogP contribution in [0.1, 0.15) is 0 Å². The van der Waals surface area contributed by atoms with E-state index >= 15 is 0 Å². The minimum absolute atomic E-state index is 0.623. The van der Waals surface area contributed by atoms with Crippen LogP contribution < -0.4 is 0 Å². The van der Waals surface area contributed by atoms with Crippen LogP contribution in [0.5, 0.6) is 0 Å². The van der Waals surface area contributed by atoms with E-state index in [1.54, 1.807) is 0 Å². The third kappa shape index (κ3) is 4.31. The van der Waals surface area contributed by atoms with Crippen LogP contribution in [0.25, 0.3) is 109 Å². The minimum Gasteiger partial charge on any atom is -0.398 e. The lowest BCUT2D eigenvalue weighted by molar-refractivity contribution is 0.496. The lowest BCUT2D eigenvalue weighted by Gasteiger charge is -2.16. The van der Waals surface area contributed by atoms with Crippen molar-refractivity contribution >= 4 is 94.8 Å². The van der Waals surface area contributed by atoms with Crippen LogP contribution in [0.4, 0.5) is 0 Å². The van der Waals surface area contributed by atoms with Crippen molar-refractivity contribution in [1.29, 1.82) is 0 Å². The zero-order valence-electron chi connectivity index (χ0n) is 27.9. The van der Waals surface area contributed by atoms with Gasteiger partial charge in [0.25, 0.3) is 0 Å². The van der Waals surface area contributed by atoms with Crippen LogP contribution >= 0.6 is 8.24 Å². The molecule has 0 bridgehead atoms. The van der Waals surface area contributed by atoms with Gasteiger partial charge in [-0.05, 0) is 88.9 Å². The molecule has 0 aliphatic carbocycles. The van der Waals surface area contributed by atoms with E-state index in [1.807, 2.05) is 0 Å². The highest BCUT2D eigenvalue weighted by molar-refractivity contribution is 7.30. The topological polar surface area (TPSA) is 46.5 Å². The van der Waals surface area contributed by atoms with Gasteiger partial charge >= 0.3 is 8.24 Å². The molecular weight excluding hydrogens is 655 g/mol. The van der Waals surface area contributed by atoms with Crippen molar-refractivity contribution < 1.29 is 13.3 Å². The lowest BCUT2D eigenvalue weighted by Crippen LogP contribution is -1.90. The van der Waals surface area contributed by atoms with Crippen molar-refractivity contribution in [2.75, 3.05) is 0 Å². The highest BCUT2D eigenvalue weighted by atomic mass is 31.1. The summed E-state index contributed by atoms with van der Waals surface area (Å²) in [4.78, 5) is 11.9. The summed E-state index contributed by atoms with van der Waals surface area (Å²) in [6, 6.07) is 60.0. The van der Waals surface area contributed by atoms with Gasteiger partial charge in [0.15, 0.2) is 11.2 Å². The van der Waals surface area contributed by atoms with Gasteiger partial charge in [-0.25, -0.2) is 0 Å². The van der Waals surface area contributed by atoms with Crippen molar-refractivity contribution in [2.45, 2.75) is 0 Å². The average Bonchev–Trinajstić information content (AvgIpc) is 3.35. The highest BCUT2D eigenvalue weighted by Crippen LogP contribution is 2.50. The molecule has 0 radical (unpaired) electrons. The highest BCUT2D eigenvalue weighted by Gasteiger charge is 2.23. The van der Waals surface area contributed by atoms with Crippen LogP contribution in [0, 0.1) is 0 Å². The van der Waals surface area contributed by atoms with Gasteiger partial charge in [0, 0.05) is 33.0 Å². The predicted molar refractivity (Wildman–Crippen MR) is 220 cm³/mol. The second-order valence-corrected chi connectivity index (χ2v) is 14.3. The third-order valence-electron chi connectivity index (χ3n) is 10.7. The molecule has 244 valence electrons. The van der Waals surface area contributed by atoms with Crippen LogP contribution in [0.2, 0.25) is 0 Å². The summed E-state index contributed by atoms with van der Waals surface area (Å²) in [5, 5.41) is 15.1. The van der Waals surface area contributed by atoms with Crippen molar-refractivity contribution in [3.05, 3.63) is 170 Å². The van der Waals surface area contributed by atoms with Gasteiger partial charge in [-0.1, -0.05) is 146 Å². The fourth-order valence-corrected chi connectivity index (χ4v) is 9.23. The van der Waals surface area contributed by atoms with E-state index in [1.165, 1.54) is 0 Å². The summed E-state index contributed by atoms with van der Waals surface area (Å²) >= 11 is 0. The Balaban J connectivity index is 1.43. The molecule has 1 heterocycles.